The lowest BCUT2D eigenvalue weighted by Gasteiger charge is -2.31. The molecule has 0 spiro atoms. The third-order valence-corrected chi connectivity index (χ3v) is 4.78. The van der Waals surface area contributed by atoms with Crippen molar-refractivity contribution in [2.75, 3.05) is 13.1 Å². The van der Waals surface area contributed by atoms with Gasteiger partial charge in [0.15, 0.2) is 5.82 Å². The maximum absolute atomic E-state index is 4.47. The van der Waals surface area contributed by atoms with E-state index in [9.17, 15) is 0 Å². The van der Waals surface area contributed by atoms with Crippen LogP contribution < -0.4 is 0 Å². The van der Waals surface area contributed by atoms with Crippen LogP contribution in [-0.2, 0) is 20.1 Å². The van der Waals surface area contributed by atoms with Gasteiger partial charge in [0.05, 0.1) is 19.2 Å². The Labute approximate surface area is 140 Å². The summed E-state index contributed by atoms with van der Waals surface area (Å²) in [5.41, 5.74) is 1.18. The molecule has 3 aromatic rings. The zero-order chi connectivity index (χ0) is 16.4. The first-order valence-electron chi connectivity index (χ1n) is 8.33. The van der Waals surface area contributed by atoms with Gasteiger partial charge in [-0.1, -0.05) is 0 Å². The summed E-state index contributed by atoms with van der Waals surface area (Å²) in [5, 5.41) is 8.85. The number of rotatable bonds is 5. The van der Waals surface area contributed by atoms with Gasteiger partial charge in [0.25, 0.3) is 0 Å². The standard InChI is InChI=1S/C16H22N8/c1-22-15(10-24-7-4-17-12-24)20-21-16(22)13-2-5-23(6-3-13)9-14-8-18-11-19-14/h4,7-8,11-13H,2-3,5-6,9-10H2,1H3,(H,18,19). The number of aromatic amines is 1. The lowest BCUT2D eigenvalue weighted by atomic mass is 9.96. The van der Waals surface area contributed by atoms with E-state index in [1.165, 1.54) is 5.69 Å². The van der Waals surface area contributed by atoms with Gasteiger partial charge in [0.1, 0.15) is 5.82 Å². The van der Waals surface area contributed by atoms with Crippen molar-refractivity contribution >= 4 is 0 Å². The van der Waals surface area contributed by atoms with Crippen molar-refractivity contribution in [2.45, 2.75) is 31.8 Å². The minimum absolute atomic E-state index is 0.483. The number of nitrogens with zero attached hydrogens (tertiary/aromatic N) is 7. The first kappa shape index (κ1) is 15.1. The highest BCUT2D eigenvalue weighted by molar-refractivity contribution is 5.04. The Balaban J connectivity index is 1.38. The summed E-state index contributed by atoms with van der Waals surface area (Å²) >= 11 is 0. The molecule has 24 heavy (non-hydrogen) atoms. The third kappa shape index (κ3) is 3.09. The average molecular weight is 326 g/mol. The highest BCUT2D eigenvalue weighted by Gasteiger charge is 2.25. The molecule has 0 unspecified atom stereocenters. The molecule has 4 heterocycles. The second-order valence-corrected chi connectivity index (χ2v) is 6.40. The average Bonchev–Trinajstić information content (AvgIpc) is 3.34. The van der Waals surface area contributed by atoms with Gasteiger partial charge in [-0.3, -0.25) is 4.90 Å². The van der Waals surface area contributed by atoms with E-state index in [2.05, 4.69) is 41.7 Å². The first-order chi connectivity index (χ1) is 11.8. The van der Waals surface area contributed by atoms with Crippen LogP contribution in [0.25, 0.3) is 0 Å². The van der Waals surface area contributed by atoms with Crippen LogP contribution in [0.3, 0.4) is 0 Å². The summed E-state index contributed by atoms with van der Waals surface area (Å²) in [6.45, 7) is 3.81. The number of nitrogens with one attached hydrogen (secondary N) is 1. The van der Waals surface area contributed by atoms with Crippen LogP contribution in [0.4, 0.5) is 0 Å². The molecule has 0 saturated carbocycles. The van der Waals surface area contributed by atoms with Gasteiger partial charge in [-0.15, -0.1) is 10.2 Å². The van der Waals surface area contributed by atoms with Crippen LogP contribution in [0.5, 0.6) is 0 Å². The van der Waals surface area contributed by atoms with Gasteiger partial charge in [0.2, 0.25) is 0 Å². The molecule has 1 aliphatic heterocycles. The van der Waals surface area contributed by atoms with E-state index < -0.39 is 0 Å². The molecule has 8 heteroatoms. The summed E-state index contributed by atoms with van der Waals surface area (Å²) in [6, 6.07) is 0. The maximum Gasteiger partial charge on any atom is 0.152 e. The molecule has 0 bridgehead atoms. The van der Waals surface area contributed by atoms with Crippen molar-refractivity contribution in [2.24, 2.45) is 7.05 Å². The Morgan fingerprint density at radius 3 is 2.75 bits per heavy atom. The fraction of sp³-hybridized carbons (Fsp3) is 0.500. The molecule has 0 radical (unpaired) electrons. The molecule has 0 atom stereocenters. The molecule has 1 N–H and O–H groups in total. The predicted octanol–water partition coefficient (Wildman–Crippen LogP) is 1.16. The van der Waals surface area contributed by atoms with Gasteiger partial charge < -0.3 is 14.1 Å². The van der Waals surface area contributed by atoms with E-state index in [1.807, 2.05) is 23.3 Å². The number of likely N-dealkylation sites (tertiary alicyclic amines) is 1. The number of hydrogen-bond acceptors (Lipinski definition) is 5. The largest absolute Gasteiger partial charge is 0.347 e. The Bertz CT molecular complexity index is 750. The zero-order valence-corrected chi connectivity index (χ0v) is 13.8. The monoisotopic (exact) mass is 326 g/mol. The van der Waals surface area contributed by atoms with Crippen molar-refractivity contribution in [1.29, 1.82) is 0 Å². The minimum atomic E-state index is 0.483. The van der Waals surface area contributed by atoms with Gasteiger partial charge in [-0.2, -0.15) is 0 Å². The second kappa shape index (κ2) is 6.56. The fourth-order valence-electron chi connectivity index (χ4n) is 3.37. The van der Waals surface area contributed by atoms with E-state index in [4.69, 9.17) is 0 Å². The SMILES string of the molecule is Cn1c(Cn2ccnc2)nnc1C1CCN(Cc2cnc[nH]2)CC1. The third-order valence-electron chi connectivity index (χ3n) is 4.78. The van der Waals surface area contributed by atoms with Crippen LogP contribution in [0.15, 0.2) is 31.2 Å². The van der Waals surface area contributed by atoms with E-state index in [0.29, 0.717) is 12.5 Å². The van der Waals surface area contributed by atoms with Gasteiger partial charge in [-0.05, 0) is 25.9 Å². The van der Waals surface area contributed by atoms with Crippen LogP contribution in [0.2, 0.25) is 0 Å². The molecule has 8 nitrogen and oxygen atoms in total. The molecule has 0 aliphatic carbocycles. The highest BCUT2D eigenvalue weighted by Crippen LogP contribution is 2.27. The zero-order valence-electron chi connectivity index (χ0n) is 13.8. The van der Waals surface area contributed by atoms with Crippen LogP contribution in [-0.4, -0.2) is 52.3 Å². The van der Waals surface area contributed by atoms with Crippen molar-refractivity contribution in [1.82, 2.24) is 39.2 Å². The first-order valence-corrected chi connectivity index (χ1v) is 8.33. The second-order valence-electron chi connectivity index (χ2n) is 6.40. The summed E-state index contributed by atoms with van der Waals surface area (Å²) in [7, 11) is 2.07. The van der Waals surface area contributed by atoms with E-state index in [1.54, 1.807) is 12.5 Å². The summed E-state index contributed by atoms with van der Waals surface area (Å²) in [5.74, 6) is 2.56. The van der Waals surface area contributed by atoms with Crippen molar-refractivity contribution in [3.05, 3.63) is 48.6 Å². The number of imidazole rings is 2. The maximum atomic E-state index is 4.47. The molecule has 0 aromatic carbocycles. The number of piperidine rings is 1. The Morgan fingerprint density at radius 1 is 1.17 bits per heavy atom. The van der Waals surface area contributed by atoms with Crippen molar-refractivity contribution < 1.29 is 0 Å². The smallest absolute Gasteiger partial charge is 0.152 e. The molecule has 3 aromatic heterocycles. The Kier molecular flexibility index (Phi) is 4.12. The Morgan fingerprint density at radius 2 is 2.04 bits per heavy atom. The van der Waals surface area contributed by atoms with Gasteiger partial charge in [-0.25, -0.2) is 9.97 Å². The normalized spacial score (nSPS) is 16.7. The number of aromatic nitrogens is 7. The molecule has 126 valence electrons. The van der Waals surface area contributed by atoms with E-state index >= 15 is 0 Å². The highest BCUT2D eigenvalue weighted by atomic mass is 15.3. The quantitative estimate of drug-likeness (QED) is 0.761. The van der Waals surface area contributed by atoms with Crippen molar-refractivity contribution in [3.8, 4) is 0 Å². The molecule has 0 amide bonds. The Hall–Kier alpha value is -2.48. The van der Waals surface area contributed by atoms with Crippen molar-refractivity contribution in [3.63, 3.8) is 0 Å². The number of hydrogen-bond donors (Lipinski definition) is 1. The van der Waals surface area contributed by atoms with E-state index in [-0.39, 0.29) is 0 Å². The van der Waals surface area contributed by atoms with Gasteiger partial charge in [0, 0.05) is 43.8 Å². The van der Waals surface area contributed by atoms with Crippen LogP contribution in [0, 0.1) is 0 Å². The predicted molar refractivity (Wildman–Crippen MR) is 88.2 cm³/mol. The molecule has 1 aliphatic rings. The molecular formula is C16H22N8. The molecule has 1 saturated heterocycles. The lowest BCUT2D eigenvalue weighted by molar-refractivity contribution is 0.198. The lowest BCUT2D eigenvalue weighted by Crippen LogP contribution is -2.33. The van der Waals surface area contributed by atoms with E-state index in [0.717, 1.165) is 44.1 Å². The summed E-state index contributed by atoms with van der Waals surface area (Å²) < 4.78 is 4.16. The van der Waals surface area contributed by atoms with Crippen LogP contribution in [0.1, 0.15) is 36.1 Å². The molecular weight excluding hydrogens is 304 g/mol. The molecule has 1 fully saturated rings. The topological polar surface area (TPSA) is 80.4 Å². The minimum Gasteiger partial charge on any atom is -0.347 e. The number of H-pyrrole nitrogens is 1. The summed E-state index contributed by atoms with van der Waals surface area (Å²) in [4.78, 5) is 13.8. The summed E-state index contributed by atoms with van der Waals surface area (Å²) in [6.07, 6.45) is 11.4. The fourth-order valence-corrected chi connectivity index (χ4v) is 3.37. The van der Waals surface area contributed by atoms with Crippen LogP contribution >= 0.6 is 0 Å². The molecule has 4 rings (SSSR count). The van der Waals surface area contributed by atoms with Gasteiger partial charge >= 0.3 is 0 Å².